The summed E-state index contributed by atoms with van der Waals surface area (Å²) in [7, 11) is 0. The Morgan fingerprint density at radius 3 is 1.24 bits per heavy atom. The zero-order valence-electron chi connectivity index (χ0n) is 54.5. The summed E-state index contributed by atoms with van der Waals surface area (Å²) in [6.45, 7) is 14.3. The van der Waals surface area contributed by atoms with Gasteiger partial charge in [0.25, 0.3) is 0 Å². The molecule has 3 aliphatic carbocycles. The van der Waals surface area contributed by atoms with Crippen LogP contribution in [0.1, 0.15) is 74.9 Å². The van der Waals surface area contributed by atoms with Gasteiger partial charge in [0.2, 0.25) is 0 Å². The van der Waals surface area contributed by atoms with Gasteiger partial charge in [-0.25, -0.2) is 0 Å². The molecule has 0 nitrogen and oxygen atoms in total. The summed E-state index contributed by atoms with van der Waals surface area (Å²) >= 11 is 0. The Kier molecular flexibility index (Phi) is 12.8. The summed E-state index contributed by atoms with van der Waals surface area (Å²) < 4.78 is 0. The van der Waals surface area contributed by atoms with Crippen molar-refractivity contribution in [2.45, 2.75) is 57.8 Å². The van der Waals surface area contributed by atoms with Gasteiger partial charge in [0, 0.05) is 16.2 Å². The van der Waals surface area contributed by atoms with Crippen molar-refractivity contribution in [3.8, 4) is 100 Å². The third-order valence-electron chi connectivity index (χ3n) is 21.8. The highest BCUT2D eigenvalue weighted by Crippen LogP contribution is 2.58. The number of fused-ring (bicyclic) bond motifs is 15. The van der Waals surface area contributed by atoms with E-state index in [-0.39, 0.29) is 16.2 Å². The van der Waals surface area contributed by atoms with Gasteiger partial charge in [-0.3, -0.25) is 0 Å². The van der Waals surface area contributed by atoms with Gasteiger partial charge in [-0.05, 0) is 254 Å². The fourth-order valence-corrected chi connectivity index (χ4v) is 16.7. The number of hydrogen-bond donors (Lipinski definition) is 0. The summed E-state index contributed by atoms with van der Waals surface area (Å²) in [5.74, 6) is 0. The lowest BCUT2D eigenvalue weighted by molar-refractivity contribution is 0.639. The van der Waals surface area contributed by atoms with Crippen molar-refractivity contribution in [3.05, 3.63) is 349 Å². The molecule has 0 bridgehead atoms. The lowest BCUT2D eigenvalue weighted by Crippen LogP contribution is -2.18. The standard InChI is InChI=1S/C50H38.C45H32/c1-49(2)45-17-11-10-16-40(45)43-29-44-41-23-22-36(28-46(41)50(3,4)48(44)30-47(43)49)42-27-38(26-35-14-8-9-15-39(35)42)34-21-19-32-18-20-33(24-37(32)25-34)31-12-6-5-7-13-31;1-45(2)42-17-8-7-16-40(42)44-39-15-6-5-14-38(39)41(28-43(44)45)37-13-9-12-31(27-37)32-20-21-36-26-35(23-22-34(36)25-32)33-19-18-29-10-3-4-11-30(29)24-33/h5-30H,1-4H3;3-28H,1-2H3. The molecule has 0 unspecified atom stereocenters. The minimum absolute atomic E-state index is 0.0117. The Balaban J connectivity index is 0.000000140. The van der Waals surface area contributed by atoms with E-state index in [1.54, 1.807) is 0 Å². The highest BCUT2D eigenvalue weighted by Gasteiger charge is 2.42. The predicted octanol–water partition coefficient (Wildman–Crippen LogP) is 26.1. The summed E-state index contributed by atoms with van der Waals surface area (Å²) in [6, 6.07) is 118. The van der Waals surface area contributed by atoms with Crippen LogP contribution in [0.25, 0.3) is 154 Å². The fourth-order valence-electron chi connectivity index (χ4n) is 16.7. The minimum Gasteiger partial charge on any atom is -0.0622 e. The molecule has 0 atom stereocenters. The maximum atomic E-state index is 2.53. The topological polar surface area (TPSA) is 0 Å². The molecule has 0 N–H and O–H groups in total. The molecule has 0 radical (unpaired) electrons. The second-order valence-electron chi connectivity index (χ2n) is 28.4. The van der Waals surface area contributed by atoms with Gasteiger partial charge in [0.15, 0.2) is 0 Å². The normalized spacial score (nSPS) is 14.0. The van der Waals surface area contributed by atoms with Crippen molar-refractivity contribution in [2.75, 3.05) is 0 Å². The molecule has 16 aromatic rings. The maximum absolute atomic E-state index is 2.53. The molecule has 0 spiro atoms. The minimum atomic E-state index is -0.108. The summed E-state index contributed by atoms with van der Waals surface area (Å²) in [5.41, 5.74) is 31.7. The monoisotopic (exact) mass is 1210 g/mol. The van der Waals surface area contributed by atoms with Crippen LogP contribution in [0.5, 0.6) is 0 Å². The quantitative estimate of drug-likeness (QED) is 0.156. The van der Waals surface area contributed by atoms with Crippen LogP contribution in [0.15, 0.2) is 315 Å². The van der Waals surface area contributed by atoms with Crippen LogP contribution in [0.4, 0.5) is 0 Å². The molecule has 19 rings (SSSR count). The first-order valence-electron chi connectivity index (χ1n) is 33.7. The van der Waals surface area contributed by atoms with Crippen molar-refractivity contribution in [2.24, 2.45) is 0 Å². The third-order valence-corrected chi connectivity index (χ3v) is 21.8. The first-order chi connectivity index (χ1) is 46.3. The van der Waals surface area contributed by atoms with Crippen molar-refractivity contribution in [1.29, 1.82) is 0 Å². The molecule has 450 valence electrons. The lowest BCUT2D eigenvalue weighted by atomic mass is 9.77. The molecular formula is C95H70. The average molecular weight is 1210 g/mol. The van der Waals surface area contributed by atoms with Gasteiger partial charge in [-0.2, -0.15) is 0 Å². The Morgan fingerprint density at radius 1 is 0.158 bits per heavy atom. The van der Waals surface area contributed by atoms with Crippen molar-refractivity contribution in [1.82, 2.24) is 0 Å². The van der Waals surface area contributed by atoms with E-state index in [1.807, 2.05) is 0 Å². The Bertz CT molecular complexity index is 5870. The second kappa shape index (κ2) is 21.4. The van der Waals surface area contributed by atoms with Crippen LogP contribution in [-0.2, 0) is 16.2 Å². The van der Waals surface area contributed by atoms with E-state index in [0.717, 1.165) is 0 Å². The predicted molar refractivity (Wildman–Crippen MR) is 406 cm³/mol. The van der Waals surface area contributed by atoms with Crippen LogP contribution in [0.2, 0.25) is 0 Å². The maximum Gasteiger partial charge on any atom is 0.0159 e. The Morgan fingerprint density at radius 2 is 0.558 bits per heavy atom. The largest absolute Gasteiger partial charge is 0.0622 e. The van der Waals surface area contributed by atoms with Crippen LogP contribution >= 0.6 is 0 Å². The molecule has 3 aliphatic rings. The van der Waals surface area contributed by atoms with E-state index in [0.29, 0.717) is 0 Å². The van der Waals surface area contributed by atoms with E-state index in [9.17, 15) is 0 Å². The molecule has 0 saturated carbocycles. The van der Waals surface area contributed by atoms with E-state index in [2.05, 4.69) is 357 Å². The van der Waals surface area contributed by atoms with Crippen LogP contribution in [-0.4, -0.2) is 0 Å². The third kappa shape index (κ3) is 9.10. The fraction of sp³-hybridized carbons (Fsp3) is 0.0947. The lowest BCUT2D eigenvalue weighted by Gasteiger charge is -2.26. The van der Waals surface area contributed by atoms with E-state index in [4.69, 9.17) is 0 Å². The van der Waals surface area contributed by atoms with Crippen molar-refractivity contribution < 1.29 is 0 Å². The Hall–Kier alpha value is -11.2. The van der Waals surface area contributed by atoms with Crippen LogP contribution < -0.4 is 0 Å². The molecule has 0 heterocycles. The van der Waals surface area contributed by atoms with E-state index in [1.165, 1.54) is 187 Å². The van der Waals surface area contributed by atoms with Gasteiger partial charge in [0.05, 0.1) is 0 Å². The van der Waals surface area contributed by atoms with Gasteiger partial charge >= 0.3 is 0 Å². The van der Waals surface area contributed by atoms with E-state index >= 15 is 0 Å². The number of hydrogen-bond acceptors (Lipinski definition) is 0. The van der Waals surface area contributed by atoms with Crippen LogP contribution in [0, 0.1) is 0 Å². The molecule has 0 fully saturated rings. The summed E-state index contributed by atoms with van der Waals surface area (Å²) in [4.78, 5) is 0. The highest BCUT2D eigenvalue weighted by molar-refractivity contribution is 6.10. The molecule has 16 aromatic carbocycles. The average Bonchev–Trinajstić information content (AvgIpc) is 1.55. The smallest absolute Gasteiger partial charge is 0.0159 e. The first kappa shape index (κ1) is 56.6. The zero-order chi connectivity index (χ0) is 63.9. The second-order valence-corrected chi connectivity index (χ2v) is 28.4. The SMILES string of the molecule is CC1(C)c2ccccc2-c2c1cc(-c1cccc(-c3ccc4cc(-c5ccc6ccccc6c5)ccc4c3)c1)c1ccccc21.CC1(C)c2ccccc2-c2cc3c(cc21)C(C)(C)c1cc(-c2cc(-c4ccc5ccc(-c6ccccc6)cc5c4)cc4ccccc24)ccc1-3. The first-order valence-corrected chi connectivity index (χ1v) is 33.7. The van der Waals surface area contributed by atoms with Crippen LogP contribution in [0.3, 0.4) is 0 Å². The molecule has 95 heavy (non-hydrogen) atoms. The molecule has 0 saturated heterocycles. The van der Waals surface area contributed by atoms with Crippen molar-refractivity contribution in [3.63, 3.8) is 0 Å². The molecule has 0 aromatic heterocycles. The number of benzene rings is 16. The molecule has 0 amide bonds. The van der Waals surface area contributed by atoms with Gasteiger partial charge < -0.3 is 0 Å². The zero-order valence-corrected chi connectivity index (χ0v) is 54.5. The summed E-state index contributed by atoms with van der Waals surface area (Å²) in [5, 5.41) is 12.8. The molecule has 0 heteroatoms. The molecule has 0 aliphatic heterocycles. The van der Waals surface area contributed by atoms with Gasteiger partial charge in [-0.1, -0.05) is 290 Å². The van der Waals surface area contributed by atoms with Gasteiger partial charge in [0.1, 0.15) is 0 Å². The van der Waals surface area contributed by atoms with E-state index < -0.39 is 0 Å². The number of rotatable bonds is 6. The summed E-state index contributed by atoms with van der Waals surface area (Å²) in [6.07, 6.45) is 0. The molecular weight excluding hydrogens is 1140 g/mol. The van der Waals surface area contributed by atoms with Crippen molar-refractivity contribution >= 4 is 53.9 Å². The van der Waals surface area contributed by atoms with Gasteiger partial charge in [-0.15, -0.1) is 0 Å². The highest BCUT2D eigenvalue weighted by atomic mass is 14.5. The Labute approximate surface area is 557 Å².